The number of fused-ring (bicyclic) bond motifs is 1. The lowest BCUT2D eigenvalue weighted by atomic mass is 9.92. The number of pyridine rings is 1. The lowest BCUT2D eigenvalue weighted by molar-refractivity contribution is -0.193. The van der Waals surface area contributed by atoms with Crippen molar-refractivity contribution in [1.29, 1.82) is 0 Å². The zero-order valence-corrected chi connectivity index (χ0v) is 24.7. The number of imidazole rings is 1. The minimum absolute atomic E-state index is 0.505. The number of halogens is 6. The highest BCUT2D eigenvalue weighted by atomic mass is 32.1. The molecule has 1 aliphatic heterocycles. The van der Waals surface area contributed by atoms with Gasteiger partial charge in [-0.2, -0.15) is 26.3 Å². The second-order valence-electron chi connectivity index (χ2n) is 9.68. The molecule has 0 bridgehead atoms. The zero-order valence-electron chi connectivity index (χ0n) is 23.9. The highest BCUT2D eigenvalue weighted by Crippen LogP contribution is 2.33. The number of carboxylic acids is 2. The van der Waals surface area contributed by atoms with E-state index in [0.717, 1.165) is 55.9 Å². The first kappa shape index (κ1) is 35.8. The number of nitrogens with zero attached hydrogens (tertiary/aromatic N) is 5. The average Bonchev–Trinajstić information content (AvgIpc) is 3.51. The zero-order chi connectivity index (χ0) is 32.5. The Morgan fingerprint density at radius 2 is 1.65 bits per heavy atom. The van der Waals surface area contributed by atoms with Crippen molar-refractivity contribution in [3.63, 3.8) is 0 Å². The van der Waals surface area contributed by atoms with Crippen LogP contribution in [0.4, 0.5) is 32.2 Å². The highest BCUT2D eigenvalue weighted by molar-refractivity contribution is 7.11. The lowest BCUT2D eigenvalue weighted by Gasteiger charge is -2.32. The number of ether oxygens (including phenoxy) is 1. The predicted octanol–water partition coefficient (Wildman–Crippen LogP) is 5.07. The number of alkyl halides is 6. The molecule has 0 radical (unpaired) electrons. The SMILES string of the molecule is COCCN(C)c1nc(C2CCN(Cc3ccc(C)s3)CC2)cc2c1ncn2C.O=C(O)C(F)(F)F.O=C(O)C(F)(F)F. The van der Waals surface area contributed by atoms with Crippen LogP contribution in [-0.4, -0.2) is 94.3 Å². The number of aromatic nitrogens is 3. The number of carboxylic acid groups (broad SMARTS) is 2. The van der Waals surface area contributed by atoms with E-state index in [9.17, 15) is 26.3 Å². The van der Waals surface area contributed by atoms with Gasteiger partial charge in [-0.3, -0.25) is 4.90 Å². The number of carbonyl (C=O) groups is 2. The van der Waals surface area contributed by atoms with Gasteiger partial charge in [0, 0.05) is 55.7 Å². The topological polar surface area (TPSA) is 121 Å². The van der Waals surface area contributed by atoms with E-state index in [-0.39, 0.29) is 0 Å². The minimum Gasteiger partial charge on any atom is -0.475 e. The van der Waals surface area contributed by atoms with E-state index >= 15 is 0 Å². The number of hydrogen-bond donors (Lipinski definition) is 2. The van der Waals surface area contributed by atoms with Gasteiger partial charge in [0.1, 0.15) is 5.52 Å². The number of rotatable bonds is 7. The Bertz CT molecular complexity index is 1330. The average molecular weight is 642 g/mol. The Kier molecular flexibility index (Phi) is 12.8. The van der Waals surface area contributed by atoms with Crippen molar-refractivity contribution in [3.05, 3.63) is 40.0 Å². The van der Waals surface area contributed by atoms with Crippen molar-refractivity contribution >= 4 is 40.1 Å². The fraction of sp³-hybridized carbons (Fsp3) is 0.538. The van der Waals surface area contributed by atoms with Crippen LogP contribution in [0.3, 0.4) is 0 Å². The molecule has 0 unspecified atom stereocenters. The predicted molar refractivity (Wildman–Crippen MR) is 147 cm³/mol. The summed E-state index contributed by atoms with van der Waals surface area (Å²) in [6, 6.07) is 6.74. The molecular formula is C26H33F6N5O5S. The summed E-state index contributed by atoms with van der Waals surface area (Å²) in [4.78, 5) is 35.1. The third-order valence-electron chi connectivity index (χ3n) is 6.37. The number of methoxy groups -OCH3 is 1. The van der Waals surface area contributed by atoms with Crippen LogP contribution in [0, 0.1) is 6.92 Å². The Balaban J connectivity index is 0.000000384. The van der Waals surface area contributed by atoms with Gasteiger partial charge in [0.2, 0.25) is 0 Å². The molecule has 43 heavy (non-hydrogen) atoms. The quantitative estimate of drug-likeness (QED) is 0.341. The number of aryl methyl sites for hydroxylation is 2. The summed E-state index contributed by atoms with van der Waals surface area (Å²) in [6.07, 6.45) is -5.97. The monoisotopic (exact) mass is 641 g/mol. The maximum Gasteiger partial charge on any atom is 0.490 e. The van der Waals surface area contributed by atoms with Crippen molar-refractivity contribution < 1.29 is 50.9 Å². The summed E-state index contributed by atoms with van der Waals surface area (Å²) < 4.78 is 70.8. The molecule has 0 spiro atoms. The lowest BCUT2D eigenvalue weighted by Crippen LogP contribution is -2.32. The number of anilines is 1. The van der Waals surface area contributed by atoms with E-state index in [0.29, 0.717) is 12.5 Å². The molecular weight excluding hydrogens is 608 g/mol. The summed E-state index contributed by atoms with van der Waals surface area (Å²) in [5.74, 6) is -4.04. The van der Waals surface area contributed by atoms with Crippen molar-refractivity contribution in [2.24, 2.45) is 7.05 Å². The Labute approximate surface area is 247 Å². The Morgan fingerprint density at radius 1 is 1.09 bits per heavy atom. The maximum atomic E-state index is 10.6. The molecule has 1 saturated heterocycles. The molecule has 0 aliphatic carbocycles. The standard InChI is InChI=1S/C22H31N5OS.2C2HF3O2/c1-16-5-6-18(29-16)14-27-9-7-17(8-10-27)19-13-20-21(23-15-26(20)3)22(24-19)25(2)11-12-28-4;2*3-2(4,5)1(6)7/h5-6,13,15,17H,7-12,14H2,1-4H3;2*(H,6,7). The molecule has 4 heterocycles. The van der Waals surface area contributed by atoms with Gasteiger partial charge in [-0.15, -0.1) is 11.3 Å². The van der Waals surface area contributed by atoms with Gasteiger partial charge in [0.15, 0.2) is 5.82 Å². The van der Waals surface area contributed by atoms with E-state index < -0.39 is 24.3 Å². The number of piperidine rings is 1. The normalized spacial score (nSPS) is 14.5. The number of likely N-dealkylation sites (tertiary alicyclic amines) is 1. The van der Waals surface area contributed by atoms with Crippen LogP contribution in [0.25, 0.3) is 11.0 Å². The van der Waals surface area contributed by atoms with Crippen LogP contribution in [-0.2, 0) is 27.9 Å². The van der Waals surface area contributed by atoms with E-state index in [1.807, 2.05) is 17.7 Å². The molecule has 1 aliphatic rings. The molecule has 1 fully saturated rings. The summed E-state index contributed by atoms with van der Waals surface area (Å²) in [5, 5.41) is 14.2. The third kappa shape index (κ3) is 11.0. The van der Waals surface area contributed by atoms with Crippen LogP contribution >= 0.6 is 11.3 Å². The first-order chi connectivity index (χ1) is 19.9. The van der Waals surface area contributed by atoms with Crippen LogP contribution in [0.15, 0.2) is 24.5 Å². The molecule has 10 nitrogen and oxygen atoms in total. The Hall–Kier alpha value is -3.44. The second kappa shape index (κ2) is 15.3. The number of aliphatic carboxylic acids is 2. The number of thiophene rings is 1. The summed E-state index contributed by atoms with van der Waals surface area (Å²) in [7, 11) is 5.87. The van der Waals surface area contributed by atoms with Gasteiger partial charge in [0.05, 0.1) is 18.5 Å². The Morgan fingerprint density at radius 3 is 2.12 bits per heavy atom. The highest BCUT2D eigenvalue weighted by Gasteiger charge is 2.38. The molecule has 3 aromatic rings. The van der Waals surface area contributed by atoms with Gasteiger partial charge >= 0.3 is 24.3 Å². The summed E-state index contributed by atoms with van der Waals surface area (Å²) in [6.45, 7) is 6.99. The molecule has 2 N–H and O–H groups in total. The van der Waals surface area contributed by atoms with Crippen LogP contribution < -0.4 is 4.90 Å². The van der Waals surface area contributed by atoms with E-state index in [2.05, 4.69) is 58.6 Å². The van der Waals surface area contributed by atoms with E-state index in [1.54, 1.807) is 7.11 Å². The van der Waals surface area contributed by atoms with Crippen molar-refractivity contribution in [2.45, 2.75) is 44.6 Å². The van der Waals surface area contributed by atoms with Gasteiger partial charge in [-0.25, -0.2) is 19.6 Å². The molecule has 0 amide bonds. The molecule has 240 valence electrons. The van der Waals surface area contributed by atoms with Crippen molar-refractivity contribution in [1.82, 2.24) is 19.4 Å². The molecule has 0 aromatic carbocycles. The third-order valence-corrected chi connectivity index (χ3v) is 7.36. The van der Waals surface area contributed by atoms with Crippen LogP contribution in [0.5, 0.6) is 0 Å². The van der Waals surface area contributed by atoms with Crippen LogP contribution in [0.2, 0.25) is 0 Å². The second-order valence-corrected chi connectivity index (χ2v) is 11.0. The van der Waals surface area contributed by atoms with Gasteiger partial charge in [0.25, 0.3) is 0 Å². The largest absolute Gasteiger partial charge is 0.490 e. The molecule has 17 heteroatoms. The molecule has 3 aromatic heterocycles. The maximum absolute atomic E-state index is 10.6. The number of likely N-dealkylation sites (N-methyl/N-ethyl adjacent to an activating group) is 1. The van der Waals surface area contributed by atoms with Gasteiger partial charge in [-0.05, 0) is 51.1 Å². The number of hydrogen-bond acceptors (Lipinski definition) is 8. The van der Waals surface area contributed by atoms with E-state index in [1.165, 1.54) is 15.4 Å². The first-order valence-electron chi connectivity index (χ1n) is 12.8. The smallest absolute Gasteiger partial charge is 0.475 e. The van der Waals surface area contributed by atoms with Gasteiger partial charge in [-0.1, -0.05) is 0 Å². The fourth-order valence-electron chi connectivity index (χ4n) is 4.12. The fourth-order valence-corrected chi connectivity index (χ4v) is 5.05. The van der Waals surface area contributed by atoms with E-state index in [4.69, 9.17) is 29.5 Å². The summed E-state index contributed by atoms with van der Waals surface area (Å²) in [5.41, 5.74) is 3.33. The molecule has 0 saturated carbocycles. The molecule has 0 atom stereocenters. The van der Waals surface area contributed by atoms with Crippen molar-refractivity contribution in [2.75, 3.05) is 45.3 Å². The minimum atomic E-state index is -5.08. The van der Waals surface area contributed by atoms with Crippen molar-refractivity contribution in [3.8, 4) is 0 Å². The van der Waals surface area contributed by atoms with Crippen LogP contribution in [0.1, 0.15) is 34.2 Å². The first-order valence-corrected chi connectivity index (χ1v) is 13.7. The summed E-state index contributed by atoms with van der Waals surface area (Å²) >= 11 is 1.91. The molecule has 4 rings (SSSR count). The van der Waals surface area contributed by atoms with Gasteiger partial charge < -0.3 is 24.4 Å².